The topological polar surface area (TPSA) is 73.5 Å². The SMILES string of the molecule is O=C(/C=C/c1ccccc1)Oc1ccc(Br)cc1C=Nn1c(-c2ccc(Cl)cc2Cl)nc2ccccc2c1=O. The number of aromatic nitrogens is 2. The second kappa shape index (κ2) is 11.8. The molecule has 4 aromatic carbocycles. The van der Waals surface area contributed by atoms with Crippen molar-refractivity contribution in [2.24, 2.45) is 5.10 Å². The summed E-state index contributed by atoms with van der Waals surface area (Å²) < 4.78 is 7.48. The summed E-state index contributed by atoms with van der Waals surface area (Å²) in [7, 11) is 0. The van der Waals surface area contributed by atoms with E-state index in [9.17, 15) is 9.59 Å². The molecule has 1 aromatic heterocycles. The molecule has 0 saturated carbocycles. The van der Waals surface area contributed by atoms with Crippen molar-refractivity contribution in [3.8, 4) is 17.1 Å². The molecule has 39 heavy (non-hydrogen) atoms. The standard InChI is InChI=1S/C30H18BrCl2N3O3/c31-21-11-14-27(39-28(37)15-10-19-6-2-1-3-7-19)20(16-21)18-34-36-29(23-13-12-22(32)17-25(23)33)35-26-9-5-4-8-24(26)30(36)38/h1-18H/b15-10+,34-18?. The van der Waals surface area contributed by atoms with Crippen molar-refractivity contribution in [2.75, 3.05) is 0 Å². The monoisotopic (exact) mass is 617 g/mol. The molecule has 0 unspecified atom stereocenters. The Kier molecular flexibility index (Phi) is 8.02. The number of carbonyl (C=O) groups is 1. The highest BCUT2D eigenvalue weighted by Crippen LogP contribution is 2.30. The van der Waals surface area contributed by atoms with E-state index in [2.05, 4.69) is 26.0 Å². The Labute approximate surface area is 241 Å². The van der Waals surface area contributed by atoms with Crippen molar-refractivity contribution in [1.29, 1.82) is 0 Å². The van der Waals surface area contributed by atoms with Gasteiger partial charge < -0.3 is 4.74 Å². The van der Waals surface area contributed by atoms with E-state index in [-0.39, 0.29) is 11.6 Å². The van der Waals surface area contributed by atoms with Gasteiger partial charge >= 0.3 is 5.97 Å². The zero-order valence-electron chi connectivity index (χ0n) is 20.1. The van der Waals surface area contributed by atoms with Crippen LogP contribution < -0.4 is 10.3 Å². The van der Waals surface area contributed by atoms with Gasteiger partial charge in [0, 0.05) is 26.7 Å². The summed E-state index contributed by atoms with van der Waals surface area (Å²) in [6.07, 6.45) is 4.44. The second-order valence-corrected chi connectivity index (χ2v) is 10.0. The maximum Gasteiger partial charge on any atom is 0.336 e. The third kappa shape index (κ3) is 6.17. The average Bonchev–Trinajstić information content (AvgIpc) is 2.93. The summed E-state index contributed by atoms with van der Waals surface area (Å²) in [4.78, 5) is 30.7. The number of hydrogen-bond acceptors (Lipinski definition) is 5. The zero-order chi connectivity index (χ0) is 27.4. The number of fused-ring (bicyclic) bond motifs is 1. The van der Waals surface area contributed by atoms with Crippen molar-refractivity contribution >= 4 is 68.3 Å². The second-order valence-electron chi connectivity index (χ2n) is 8.29. The smallest absolute Gasteiger partial charge is 0.336 e. The zero-order valence-corrected chi connectivity index (χ0v) is 23.2. The summed E-state index contributed by atoms with van der Waals surface area (Å²) >= 11 is 16.0. The van der Waals surface area contributed by atoms with E-state index in [0.29, 0.717) is 32.1 Å². The molecule has 9 heteroatoms. The summed E-state index contributed by atoms with van der Waals surface area (Å²) in [6, 6.07) is 26.4. The van der Waals surface area contributed by atoms with E-state index < -0.39 is 11.5 Å². The largest absolute Gasteiger partial charge is 0.423 e. The predicted molar refractivity (Wildman–Crippen MR) is 160 cm³/mol. The first kappa shape index (κ1) is 26.6. The fraction of sp³-hybridized carbons (Fsp3) is 0. The fourth-order valence-corrected chi connectivity index (χ4v) is 4.65. The lowest BCUT2D eigenvalue weighted by Gasteiger charge is -2.11. The number of esters is 1. The van der Waals surface area contributed by atoms with Gasteiger partial charge in [-0.25, -0.2) is 9.78 Å². The van der Waals surface area contributed by atoms with Crippen LogP contribution in [0.25, 0.3) is 28.4 Å². The van der Waals surface area contributed by atoms with Gasteiger partial charge in [-0.3, -0.25) is 4.79 Å². The van der Waals surface area contributed by atoms with E-state index in [0.717, 1.165) is 10.0 Å². The van der Waals surface area contributed by atoms with Crippen molar-refractivity contribution in [3.05, 3.63) is 133 Å². The molecule has 0 spiro atoms. The Morgan fingerprint density at radius 1 is 0.949 bits per heavy atom. The maximum absolute atomic E-state index is 13.5. The van der Waals surface area contributed by atoms with Crippen LogP contribution in [0.2, 0.25) is 10.0 Å². The molecule has 6 nitrogen and oxygen atoms in total. The third-order valence-electron chi connectivity index (χ3n) is 5.63. The minimum Gasteiger partial charge on any atom is -0.423 e. The highest BCUT2D eigenvalue weighted by molar-refractivity contribution is 9.10. The van der Waals surface area contributed by atoms with Gasteiger partial charge in [-0.2, -0.15) is 9.78 Å². The molecular weight excluding hydrogens is 601 g/mol. The van der Waals surface area contributed by atoms with Gasteiger partial charge in [0.1, 0.15) is 5.75 Å². The first-order valence-corrected chi connectivity index (χ1v) is 13.2. The molecule has 0 bridgehead atoms. The van der Waals surface area contributed by atoms with E-state index >= 15 is 0 Å². The maximum atomic E-state index is 13.5. The number of hydrogen-bond donors (Lipinski definition) is 0. The van der Waals surface area contributed by atoms with Gasteiger partial charge in [0.15, 0.2) is 5.82 Å². The number of carbonyl (C=O) groups excluding carboxylic acids is 1. The molecule has 0 aliphatic heterocycles. The van der Waals surface area contributed by atoms with Gasteiger partial charge in [-0.15, -0.1) is 0 Å². The normalized spacial score (nSPS) is 11.5. The first-order valence-electron chi connectivity index (χ1n) is 11.6. The molecule has 5 rings (SSSR count). The van der Waals surface area contributed by atoms with Gasteiger partial charge in [-0.1, -0.05) is 81.6 Å². The van der Waals surface area contributed by atoms with Crippen LogP contribution in [0, 0.1) is 0 Å². The number of nitrogens with zero attached hydrogens (tertiary/aromatic N) is 3. The lowest BCUT2D eigenvalue weighted by molar-refractivity contribution is -0.128. The quantitative estimate of drug-likeness (QED) is 0.0848. The fourth-order valence-electron chi connectivity index (χ4n) is 3.78. The molecule has 0 aliphatic carbocycles. The van der Waals surface area contributed by atoms with Crippen LogP contribution in [-0.4, -0.2) is 21.8 Å². The Balaban J connectivity index is 1.55. The summed E-state index contributed by atoms with van der Waals surface area (Å²) in [6.45, 7) is 0. The van der Waals surface area contributed by atoms with Gasteiger partial charge in [0.2, 0.25) is 0 Å². The summed E-state index contributed by atoms with van der Waals surface area (Å²) in [5.74, 6) is -0.0671. The van der Waals surface area contributed by atoms with Crippen LogP contribution in [0.3, 0.4) is 0 Å². The highest BCUT2D eigenvalue weighted by Gasteiger charge is 2.16. The van der Waals surface area contributed by atoms with E-state index in [1.54, 1.807) is 66.7 Å². The lowest BCUT2D eigenvalue weighted by Crippen LogP contribution is -2.20. The predicted octanol–water partition coefficient (Wildman–Crippen LogP) is 7.63. The third-order valence-corrected chi connectivity index (χ3v) is 6.67. The van der Waals surface area contributed by atoms with Gasteiger partial charge in [0.05, 0.1) is 22.1 Å². The molecule has 192 valence electrons. The van der Waals surface area contributed by atoms with Crippen LogP contribution in [-0.2, 0) is 4.79 Å². The van der Waals surface area contributed by atoms with Crippen LogP contribution in [0.5, 0.6) is 5.75 Å². The van der Waals surface area contributed by atoms with E-state index in [4.69, 9.17) is 27.9 Å². The molecule has 0 fully saturated rings. The van der Waals surface area contributed by atoms with Crippen molar-refractivity contribution in [1.82, 2.24) is 9.66 Å². The van der Waals surface area contributed by atoms with E-state index in [1.807, 2.05) is 30.3 Å². The highest BCUT2D eigenvalue weighted by atomic mass is 79.9. The Morgan fingerprint density at radius 3 is 2.51 bits per heavy atom. The molecule has 0 amide bonds. The molecule has 5 aromatic rings. The van der Waals surface area contributed by atoms with E-state index in [1.165, 1.54) is 17.0 Å². The number of rotatable bonds is 6. The molecule has 1 heterocycles. The van der Waals surface area contributed by atoms with Gasteiger partial charge in [0.25, 0.3) is 5.56 Å². The molecular formula is C30H18BrCl2N3O3. The first-order chi connectivity index (χ1) is 18.9. The summed E-state index contributed by atoms with van der Waals surface area (Å²) in [5.41, 5.74) is 1.91. The summed E-state index contributed by atoms with van der Waals surface area (Å²) in [5, 5.41) is 5.61. The minimum absolute atomic E-state index is 0.232. The number of benzene rings is 4. The van der Waals surface area contributed by atoms with Crippen molar-refractivity contribution < 1.29 is 9.53 Å². The van der Waals surface area contributed by atoms with Crippen LogP contribution in [0.15, 0.2) is 111 Å². The molecule has 0 aliphatic rings. The molecule has 0 radical (unpaired) electrons. The number of halogens is 3. The number of para-hydroxylation sites is 1. The van der Waals surface area contributed by atoms with Crippen LogP contribution in [0.4, 0.5) is 0 Å². The minimum atomic E-state index is -0.561. The van der Waals surface area contributed by atoms with Crippen LogP contribution in [0.1, 0.15) is 11.1 Å². The Morgan fingerprint density at radius 2 is 1.72 bits per heavy atom. The van der Waals surface area contributed by atoms with Crippen LogP contribution >= 0.6 is 39.1 Å². The molecule has 0 saturated heterocycles. The Bertz CT molecular complexity index is 1820. The van der Waals surface area contributed by atoms with Crippen molar-refractivity contribution in [3.63, 3.8) is 0 Å². The van der Waals surface area contributed by atoms with Gasteiger partial charge in [-0.05, 0) is 60.2 Å². The molecule has 0 atom stereocenters. The molecule has 0 N–H and O–H groups in total. The Hall–Kier alpha value is -4.04. The van der Waals surface area contributed by atoms with Crippen molar-refractivity contribution in [2.45, 2.75) is 0 Å². The number of ether oxygens (including phenoxy) is 1. The average molecular weight is 619 g/mol. The lowest BCUT2D eigenvalue weighted by atomic mass is 10.2.